The summed E-state index contributed by atoms with van der Waals surface area (Å²) < 4.78 is 5.11. The number of halogens is 1. The van der Waals surface area contributed by atoms with E-state index in [9.17, 15) is 0 Å². The van der Waals surface area contributed by atoms with Gasteiger partial charge in [0.25, 0.3) is 0 Å². The maximum Gasteiger partial charge on any atom is 0.215 e. The number of nitrogens with zero attached hydrogens (tertiary/aromatic N) is 2. The van der Waals surface area contributed by atoms with Crippen molar-refractivity contribution in [1.82, 2.24) is 9.97 Å². The van der Waals surface area contributed by atoms with Gasteiger partial charge in [-0.2, -0.15) is 4.98 Å². The molecule has 2 aromatic heterocycles. The lowest BCUT2D eigenvalue weighted by Gasteiger charge is -2.12. The average molecular weight is 301 g/mol. The molecule has 0 atom stereocenters. The standard InChI is InChI=1S/C15H13ClN4O/c1-21-13-7-5-11(17)15(20-13)19-12-6-4-10(16)9-3-2-8-18-14(9)12/h2-8H,17H2,1H3,(H,19,20). The molecule has 0 unspecified atom stereocenters. The number of ether oxygens (including phenoxy) is 1. The molecule has 21 heavy (non-hydrogen) atoms. The Morgan fingerprint density at radius 1 is 1.19 bits per heavy atom. The highest BCUT2D eigenvalue weighted by molar-refractivity contribution is 6.35. The van der Waals surface area contributed by atoms with Crippen LogP contribution in [0.4, 0.5) is 17.2 Å². The van der Waals surface area contributed by atoms with Crippen molar-refractivity contribution in [3.05, 3.63) is 47.6 Å². The van der Waals surface area contributed by atoms with Gasteiger partial charge in [0.05, 0.1) is 29.0 Å². The summed E-state index contributed by atoms with van der Waals surface area (Å²) in [4.78, 5) is 8.66. The number of anilines is 3. The third-order valence-electron chi connectivity index (χ3n) is 3.08. The molecular weight excluding hydrogens is 288 g/mol. The number of aromatic nitrogens is 2. The number of hydrogen-bond donors (Lipinski definition) is 2. The number of fused-ring (bicyclic) bond motifs is 1. The van der Waals surface area contributed by atoms with Crippen molar-refractivity contribution < 1.29 is 4.74 Å². The molecule has 0 saturated heterocycles. The SMILES string of the molecule is COc1ccc(N)c(Nc2ccc(Cl)c3cccnc23)n1. The highest BCUT2D eigenvalue weighted by Crippen LogP contribution is 2.31. The summed E-state index contributed by atoms with van der Waals surface area (Å²) in [6.07, 6.45) is 1.71. The van der Waals surface area contributed by atoms with Crippen molar-refractivity contribution in [2.24, 2.45) is 0 Å². The van der Waals surface area contributed by atoms with Crippen LogP contribution < -0.4 is 15.8 Å². The summed E-state index contributed by atoms with van der Waals surface area (Å²) in [6, 6.07) is 10.9. The van der Waals surface area contributed by atoms with E-state index in [-0.39, 0.29) is 0 Å². The van der Waals surface area contributed by atoms with Crippen LogP contribution in [0.1, 0.15) is 0 Å². The van der Waals surface area contributed by atoms with Crippen LogP contribution in [0, 0.1) is 0 Å². The molecule has 0 spiro atoms. The molecule has 6 heteroatoms. The first kappa shape index (κ1) is 13.5. The lowest BCUT2D eigenvalue weighted by atomic mass is 10.2. The Balaban J connectivity index is 2.08. The molecular formula is C15H13ClN4O. The highest BCUT2D eigenvalue weighted by Gasteiger charge is 2.09. The van der Waals surface area contributed by atoms with Crippen molar-refractivity contribution in [3.63, 3.8) is 0 Å². The second-order valence-electron chi connectivity index (χ2n) is 4.41. The number of rotatable bonds is 3. The van der Waals surface area contributed by atoms with E-state index < -0.39 is 0 Å². The van der Waals surface area contributed by atoms with E-state index in [2.05, 4.69) is 15.3 Å². The molecule has 3 N–H and O–H groups in total. The summed E-state index contributed by atoms with van der Waals surface area (Å²) in [5, 5.41) is 4.69. The van der Waals surface area contributed by atoms with E-state index in [1.54, 1.807) is 25.4 Å². The molecule has 0 aliphatic carbocycles. The molecule has 0 saturated carbocycles. The molecule has 0 aliphatic rings. The summed E-state index contributed by atoms with van der Waals surface area (Å²) >= 11 is 6.18. The van der Waals surface area contributed by atoms with Crippen molar-refractivity contribution in [2.75, 3.05) is 18.2 Å². The number of nitrogen functional groups attached to an aromatic ring is 1. The molecule has 0 fully saturated rings. The lowest BCUT2D eigenvalue weighted by molar-refractivity contribution is 0.398. The van der Waals surface area contributed by atoms with Crippen LogP contribution in [0.15, 0.2) is 42.6 Å². The van der Waals surface area contributed by atoms with Crippen molar-refractivity contribution in [3.8, 4) is 5.88 Å². The van der Waals surface area contributed by atoms with Crippen LogP contribution >= 0.6 is 11.6 Å². The third kappa shape index (κ3) is 2.55. The Morgan fingerprint density at radius 2 is 2.05 bits per heavy atom. The predicted molar refractivity (Wildman–Crippen MR) is 85.2 cm³/mol. The lowest BCUT2D eigenvalue weighted by Crippen LogP contribution is -2.01. The van der Waals surface area contributed by atoms with E-state index in [1.807, 2.05) is 24.3 Å². The molecule has 5 nitrogen and oxygen atoms in total. The first-order chi connectivity index (χ1) is 10.2. The van der Waals surface area contributed by atoms with Gasteiger partial charge in [-0.25, -0.2) is 0 Å². The Kier molecular flexibility index (Phi) is 3.50. The van der Waals surface area contributed by atoms with Gasteiger partial charge >= 0.3 is 0 Å². The van der Waals surface area contributed by atoms with Crippen LogP contribution in [0.2, 0.25) is 5.02 Å². The Bertz CT molecular complexity index is 807. The largest absolute Gasteiger partial charge is 0.481 e. The maximum absolute atomic E-state index is 6.18. The van der Waals surface area contributed by atoms with Crippen LogP contribution in [-0.4, -0.2) is 17.1 Å². The first-order valence-electron chi connectivity index (χ1n) is 6.30. The Hall–Kier alpha value is -2.53. The maximum atomic E-state index is 6.18. The molecule has 0 aliphatic heterocycles. The van der Waals surface area contributed by atoms with Crippen LogP contribution in [-0.2, 0) is 0 Å². The summed E-state index contributed by atoms with van der Waals surface area (Å²) in [5.74, 6) is 1.00. The number of hydrogen-bond acceptors (Lipinski definition) is 5. The number of pyridine rings is 2. The molecule has 106 valence electrons. The number of nitrogens with one attached hydrogen (secondary N) is 1. The zero-order chi connectivity index (χ0) is 14.8. The van der Waals surface area contributed by atoms with Crippen LogP contribution in [0.3, 0.4) is 0 Å². The van der Waals surface area contributed by atoms with Crippen molar-refractivity contribution >= 4 is 39.7 Å². The van der Waals surface area contributed by atoms with Gasteiger partial charge in [0.15, 0.2) is 5.82 Å². The summed E-state index contributed by atoms with van der Waals surface area (Å²) in [5.41, 5.74) is 8.00. The fraction of sp³-hybridized carbons (Fsp3) is 0.0667. The molecule has 2 heterocycles. The van der Waals surface area contributed by atoms with E-state index in [0.29, 0.717) is 22.4 Å². The van der Waals surface area contributed by atoms with Crippen molar-refractivity contribution in [1.29, 1.82) is 0 Å². The van der Waals surface area contributed by atoms with Gasteiger partial charge in [-0.3, -0.25) is 4.98 Å². The minimum atomic E-state index is 0.484. The zero-order valence-corrected chi connectivity index (χ0v) is 12.1. The van der Waals surface area contributed by atoms with Gasteiger partial charge in [0.2, 0.25) is 5.88 Å². The van der Waals surface area contributed by atoms with Gasteiger partial charge in [0.1, 0.15) is 0 Å². The second-order valence-corrected chi connectivity index (χ2v) is 4.82. The minimum absolute atomic E-state index is 0.484. The molecule has 0 amide bonds. The van der Waals surface area contributed by atoms with Crippen LogP contribution in [0.5, 0.6) is 5.88 Å². The Labute approximate surface area is 126 Å². The highest BCUT2D eigenvalue weighted by atomic mass is 35.5. The fourth-order valence-corrected chi connectivity index (χ4v) is 2.25. The van der Waals surface area contributed by atoms with E-state index in [1.165, 1.54) is 0 Å². The number of nitrogens with two attached hydrogens (primary N) is 1. The number of benzene rings is 1. The first-order valence-corrected chi connectivity index (χ1v) is 6.67. The normalized spacial score (nSPS) is 10.6. The van der Waals surface area contributed by atoms with Gasteiger partial charge in [-0.1, -0.05) is 11.6 Å². The molecule has 1 aromatic carbocycles. The summed E-state index contributed by atoms with van der Waals surface area (Å²) in [6.45, 7) is 0. The predicted octanol–water partition coefficient (Wildman–Crippen LogP) is 3.62. The zero-order valence-electron chi connectivity index (χ0n) is 11.3. The number of methoxy groups -OCH3 is 1. The van der Waals surface area contributed by atoms with E-state index in [0.717, 1.165) is 16.6 Å². The van der Waals surface area contributed by atoms with Gasteiger partial charge in [-0.05, 0) is 30.3 Å². The van der Waals surface area contributed by atoms with Gasteiger partial charge < -0.3 is 15.8 Å². The van der Waals surface area contributed by atoms with E-state index in [4.69, 9.17) is 22.1 Å². The third-order valence-corrected chi connectivity index (χ3v) is 3.41. The van der Waals surface area contributed by atoms with Gasteiger partial charge in [0, 0.05) is 17.6 Å². The topological polar surface area (TPSA) is 73.1 Å². The van der Waals surface area contributed by atoms with Gasteiger partial charge in [-0.15, -0.1) is 0 Å². The van der Waals surface area contributed by atoms with E-state index >= 15 is 0 Å². The molecule has 0 bridgehead atoms. The quantitative estimate of drug-likeness (QED) is 0.773. The summed E-state index contributed by atoms with van der Waals surface area (Å²) in [7, 11) is 1.56. The minimum Gasteiger partial charge on any atom is -0.481 e. The van der Waals surface area contributed by atoms with Crippen molar-refractivity contribution in [2.45, 2.75) is 0 Å². The Morgan fingerprint density at radius 3 is 2.86 bits per heavy atom. The van der Waals surface area contributed by atoms with Crippen LogP contribution in [0.25, 0.3) is 10.9 Å². The fourth-order valence-electron chi connectivity index (χ4n) is 2.03. The smallest absolute Gasteiger partial charge is 0.215 e. The molecule has 0 radical (unpaired) electrons. The average Bonchev–Trinajstić information content (AvgIpc) is 2.52. The second kappa shape index (κ2) is 5.46. The molecule has 3 rings (SSSR count). The molecule has 3 aromatic rings. The monoisotopic (exact) mass is 300 g/mol.